The average molecular weight is 251 g/mol. The first-order chi connectivity index (χ1) is 8.67. The molecule has 1 aromatic rings. The monoisotopic (exact) mass is 251 g/mol. The maximum atomic E-state index is 12.9. The molecular formula is C12H14FN3O2. The maximum absolute atomic E-state index is 12.9. The van der Waals surface area contributed by atoms with Crippen LogP contribution in [0.1, 0.15) is 5.56 Å². The number of nitrogens with one attached hydrogen (secondary N) is 2. The van der Waals surface area contributed by atoms with E-state index < -0.39 is 5.82 Å². The van der Waals surface area contributed by atoms with Gasteiger partial charge in [0.15, 0.2) is 0 Å². The first-order valence-electron chi connectivity index (χ1n) is 5.36. The van der Waals surface area contributed by atoms with Crippen LogP contribution in [-0.2, 0) is 9.53 Å². The highest BCUT2D eigenvalue weighted by Gasteiger charge is 2.05. The zero-order chi connectivity index (χ0) is 13.4. The molecular weight excluding hydrogens is 237 g/mol. The Morgan fingerprint density at radius 2 is 2.33 bits per heavy atom. The van der Waals surface area contributed by atoms with E-state index in [2.05, 4.69) is 10.6 Å². The number of nitriles is 1. The van der Waals surface area contributed by atoms with Gasteiger partial charge < -0.3 is 15.4 Å². The van der Waals surface area contributed by atoms with E-state index in [1.54, 1.807) is 7.11 Å². The van der Waals surface area contributed by atoms with Crippen LogP contribution in [0.5, 0.6) is 0 Å². The Morgan fingerprint density at radius 1 is 1.56 bits per heavy atom. The predicted octanol–water partition coefficient (Wildman–Crippen LogP) is 0.872. The van der Waals surface area contributed by atoms with Crippen LogP contribution >= 0.6 is 0 Å². The SMILES string of the molecule is COCCNC(=O)CNc1ccc(F)cc1C#N. The average Bonchev–Trinajstić information content (AvgIpc) is 2.37. The first-order valence-corrected chi connectivity index (χ1v) is 5.36. The van der Waals surface area contributed by atoms with Gasteiger partial charge in [0, 0.05) is 13.7 Å². The highest BCUT2D eigenvalue weighted by molar-refractivity contribution is 5.81. The molecule has 0 unspecified atom stereocenters. The summed E-state index contributed by atoms with van der Waals surface area (Å²) in [6.07, 6.45) is 0. The number of methoxy groups -OCH3 is 1. The minimum atomic E-state index is -0.485. The molecule has 96 valence electrons. The van der Waals surface area contributed by atoms with Crippen molar-refractivity contribution < 1.29 is 13.9 Å². The van der Waals surface area contributed by atoms with E-state index in [-0.39, 0.29) is 18.0 Å². The molecule has 0 spiro atoms. The lowest BCUT2D eigenvalue weighted by Gasteiger charge is -2.08. The standard InChI is InChI=1S/C12H14FN3O2/c1-18-5-4-15-12(17)8-16-11-3-2-10(13)6-9(11)7-14/h2-3,6,16H,4-5,8H2,1H3,(H,15,17). The number of amides is 1. The van der Waals surface area contributed by atoms with Crippen LogP contribution in [0.15, 0.2) is 18.2 Å². The van der Waals surface area contributed by atoms with E-state index in [0.717, 1.165) is 6.07 Å². The van der Waals surface area contributed by atoms with Crippen molar-refractivity contribution in [2.45, 2.75) is 0 Å². The number of benzene rings is 1. The summed E-state index contributed by atoms with van der Waals surface area (Å²) in [6.45, 7) is 0.876. The molecule has 0 aliphatic heterocycles. The second-order valence-corrected chi connectivity index (χ2v) is 3.50. The van der Waals surface area contributed by atoms with Gasteiger partial charge in [-0.25, -0.2) is 4.39 Å². The molecule has 6 heteroatoms. The minimum Gasteiger partial charge on any atom is -0.383 e. The molecule has 1 aromatic carbocycles. The van der Waals surface area contributed by atoms with E-state index in [1.807, 2.05) is 6.07 Å². The van der Waals surface area contributed by atoms with Gasteiger partial charge in [0.05, 0.1) is 24.4 Å². The van der Waals surface area contributed by atoms with Crippen LogP contribution < -0.4 is 10.6 Å². The zero-order valence-corrected chi connectivity index (χ0v) is 10.00. The first kappa shape index (κ1) is 13.9. The quantitative estimate of drug-likeness (QED) is 0.736. The summed E-state index contributed by atoms with van der Waals surface area (Å²) in [7, 11) is 1.54. The fourth-order valence-corrected chi connectivity index (χ4v) is 1.29. The Kier molecular flexibility index (Phi) is 5.61. The summed E-state index contributed by atoms with van der Waals surface area (Å²) in [5.74, 6) is -0.707. The summed E-state index contributed by atoms with van der Waals surface area (Å²) in [6, 6.07) is 5.63. The van der Waals surface area contributed by atoms with Crippen molar-refractivity contribution in [3.8, 4) is 6.07 Å². The molecule has 0 heterocycles. The van der Waals surface area contributed by atoms with E-state index in [0.29, 0.717) is 18.8 Å². The Morgan fingerprint density at radius 3 is 3.00 bits per heavy atom. The lowest BCUT2D eigenvalue weighted by Crippen LogP contribution is -2.32. The van der Waals surface area contributed by atoms with Crippen molar-refractivity contribution in [3.63, 3.8) is 0 Å². The third kappa shape index (κ3) is 4.39. The molecule has 0 bridgehead atoms. The van der Waals surface area contributed by atoms with E-state index in [9.17, 15) is 9.18 Å². The molecule has 0 aliphatic rings. The summed E-state index contributed by atoms with van der Waals surface area (Å²) in [5.41, 5.74) is 0.598. The van der Waals surface area contributed by atoms with Crippen molar-refractivity contribution in [2.24, 2.45) is 0 Å². The third-order valence-electron chi connectivity index (χ3n) is 2.17. The number of carbonyl (C=O) groups excluding carboxylic acids is 1. The molecule has 0 aromatic heterocycles. The van der Waals surface area contributed by atoms with Gasteiger partial charge >= 0.3 is 0 Å². The molecule has 1 rings (SSSR count). The van der Waals surface area contributed by atoms with Gasteiger partial charge in [-0.05, 0) is 18.2 Å². The van der Waals surface area contributed by atoms with Crippen LogP contribution in [0, 0.1) is 17.1 Å². The lowest BCUT2D eigenvalue weighted by molar-refractivity contribution is -0.119. The van der Waals surface area contributed by atoms with Crippen molar-refractivity contribution in [1.82, 2.24) is 5.32 Å². The van der Waals surface area contributed by atoms with Gasteiger partial charge in [-0.3, -0.25) is 4.79 Å². The van der Waals surface area contributed by atoms with Gasteiger partial charge in [-0.2, -0.15) is 5.26 Å². The molecule has 1 amide bonds. The highest BCUT2D eigenvalue weighted by Crippen LogP contribution is 2.15. The predicted molar refractivity (Wildman–Crippen MR) is 64.5 cm³/mol. The topological polar surface area (TPSA) is 74.2 Å². The molecule has 18 heavy (non-hydrogen) atoms. The van der Waals surface area contributed by atoms with Crippen LogP contribution in [0.4, 0.5) is 10.1 Å². The highest BCUT2D eigenvalue weighted by atomic mass is 19.1. The van der Waals surface area contributed by atoms with Gasteiger partial charge in [0.25, 0.3) is 0 Å². The molecule has 0 atom stereocenters. The van der Waals surface area contributed by atoms with Crippen molar-refractivity contribution >= 4 is 11.6 Å². The number of hydrogen-bond donors (Lipinski definition) is 2. The molecule has 2 N–H and O–H groups in total. The number of carbonyl (C=O) groups is 1. The van der Waals surface area contributed by atoms with Gasteiger partial charge in [-0.15, -0.1) is 0 Å². The smallest absolute Gasteiger partial charge is 0.239 e. The van der Waals surface area contributed by atoms with Crippen LogP contribution in [-0.4, -0.2) is 32.7 Å². The van der Waals surface area contributed by atoms with Crippen LogP contribution in [0.3, 0.4) is 0 Å². The normalized spacial score (nSPS) is 9.61. The van der Waals surface area contributed by atoms with Crippen molar-refractivity contribution in [1.29, 1.82) is 5.26 Å². The number of anilines is 1. The fourth-order valence-electron chi connectivity index (χ4n) is 1.29. The summed E-state index contributed by atoms with van der Waals surface area (Å²) in [5, 5.41) is 14.2. The van der Waals surface area contributed by atoms with Gasteiger partial charge in [0.2, 0.25) is 5.91 Å². The summed E-state index contributed by atoms with van der Waals surface area (Å²) >= 11 is 0. The Labute approximate surface area is 105 Å². The Hall–Kier alpha value is -2.13. The Bertz CT molecular complexity index is 457. The number of rotatable bonds is 6. The molecule has 0 saturated carbocycles. The van der Waals surface area contributed by atoms with Crippen molar-refractivity contribution in [2.75, 3.05) is 32.1 Å². The molecule has 0 saturated heterocycles. The molecule has 0 radical (unpaired) electrons. The maximum Gasteiger partial charge on any atom is 0.239 e. The number of halogens is 1. The van der Waals surface area contributed by atoms with Gasteiger partial charge in [-0.1, -0.05) is 0 Å². The lowest BCUT2D eigenvalue weighted by atomic mass is 10.2. The largest absolute Gasteiger partial charge is 0.383 e. The summed E-state index contributed by atoms with van der Waals surface area (Å²) in [4.78, 5) is 11.4. The third-order valence-corrected chi connectivity index (χ3v) is 2.17. The summed E-state index contributed by atoms with van der Waals surface area (Å²) < 4.78 is 17.7. The number of ether oxygens (including phenoxy) is 1. The van der Waals surface area contributed by atoms with Crippen molar-refractivity contribution in [3.05, 3.63) is 29.6 Å². The van der Waals surface area contributed by atoms with E-state index >= 15 is 0 Å². The van der Waals surface area contributed by atoms with Crippen LogP contribution in [0.2, 0.25) is 0 Å². The Balaban J connectivity index is 2.48. The second-order valence-electron chi connectivity index (χ2n) is 3.50. The molecule has 5 nitrogen and oxygen atoms in total. The molecule has 0 aliphatic carbocycles. The zero-order valence-electron chi connectivity index (χ0n) is 10.00. The number of nitrogens with zero attached hydrogens (tertiary/aromatic N) is 1. The molecule has 0 fully saturated rings. The second kappa shape index (κ2) is 7.25. The fraction of sp³-hybridized carbons (Fsp3) is 0.333. The van der Waals surface area contributed by atoms with E-state index in [1.165, 1.54) is 12.1 Å². The minimum absolute atomic E-state index is 0.0179. The van der Waals surface area contributed by atoms with Gasteiger partial charge in [0.1, 0.15) is 11.9 Å². The van der Waals surface area contributed by atoms with E-state index in [4.69, 9.17) is 10.00 Å². The number of hydrogen-bond acceptors (Lipinski definition) is 4. The van der Waals surface area contributed by atoms with Crippen LogP contribution in [0.25, 0.3) is 0 Å².